The number of likely N-dealkylation sites (tertiary alicyclic amines) is 1. The smallest absolute Gasteiger partial charge is 0.160 e. The highest BCUT2D eigenvalue weighted by Crippen LogP contribution is 2.36. The third kappa shape index (κ3) is 7.31. The van der Waals surface area contributed by atoms with E-state index in [-0.39, 0.29) is 6.04 Å². The van der Waals surface area contributed by atoms with E-state index in [1.807, 2.05) is 49.4 Å². The first-order chi connectivity index (χ1) is 19.8. The normalized spacial score (nSPS) is 20.1. The highest BCUT2D eigenvalue weighted by Gasteiger charge is 2.40. The summed E-state index contributed by atoms with van der Waals surface area (Å²) in [7, 11) is 8.22. The third-order valence-electron chi connectivity index (χ3n) is 7.75. The van der Waals surface area contributed by atoms with Crippen LogP contribution in [0.1, 0.15) is 36.1 Å². The molecule has 0 aliphatic carbocycles. The molecule has 0 bridgehead atoms. The minimum atomic E-state index is -1.04. The Labute approximate surface area is 243 Å². The Balaban J connectivity index is 1.54. The van der Waals surface area contributed by atoms with Crippen LogP contribution in [0, 0.1) is 0 Å². The van der Waals surface area contributed by atoms with Crippen molar-refractivity contribution in [3.05, 3.63) is 77.4 Å². The van der Waals surface area contributed by atoms with Gasteiger partial charge in [0.05, 0.1) is 35.5 Å². The van der Waals surface area contributed by atoms with Gasteiger partial charge in [-0.05, 0) is 72.9 Å². The van der Waals surface area contributed by atoms with E-state index in [0.717, 1.165) is 42.0 Å². The van der Waals surface area contributed by atoms with Gasteiger partial charge in [-0.3, -0.25) is 9.89 Å². The van der Waals surface area contributed by atoms with Gasteiger partial charge in [-0.15, -0.1) is 0 Å². The predicted molar refractivity (Wildman–Crippen MR) is 161 cm³/mol. The molecule has 2 atom stereocenters. The average Bonchev–Trinajstić information content (AvgIpc) is 3.00. The van der Waals surface area contributed by atoms with Gasteiger partial charge >= 0.3 is 0 Å². The van der Waals surface area contributed by atoms with Crippen LogP contribution in [0.4, 0.5) is 0 Å². The third-order valence-corrected chi connectivity index (χ3v) is 7.75. The maximum Gasteiger partial charge on any atom is 0.160 e. The van der Waals surface area contributed by atoms with Crippen molar-refractivity contribution >= 4 is 5.71 Å². The van der Waals surface area contributed by atoms with Crippen molar-refractivity contribution < 1.29 is 28.8 Å². The van der Waals surface area contributed by atoms with Crippen LogP contribution >= 0.6 is 0 Å². The molecule has 4 rings (SSSR count). The number of β-amino-alcohol motifs (C(OH)–C–C–N with tert-alkyl or cyclic N) is 1. The van der Waals surface area contributed by atoms with E-state index in [1.54, 1.807) is 35.5 Å². The molecule has 8 heteroatoms. The summed E-state index contributed by atoms with van der Waals surface area (Å²) in [4.78, 5) is 7.30. The molecule has 0 aromatic heterocycles. The number of benzene rings is 3. The lowest BCUT2D eigenvalue weighted by molar-refractivity contribution is 0.0369. The lowest BCUT2D eigenvalue weighted by Gasteiger charge is -2.44. The van der Waals surface area contributed by atoms with Gasteiger partial charge in [-0.1, -0.05) is 24.3 Å². The second-order valence-corrected chi connectivity index (χ2v) is 10.4. The summed E-state index contributed by atoms with van der Waals surface area (Å²) in [5.41, 5.74) is 3.19. The quantitative estimate of drug-likeness (QED) is 0.327. The number of ether oxygens (including phenoxy) is 5. The zero-order chi connectivity index (χ0) is 29.4. The van der Waals surface area contributed by atoms with Gasteiger partial charge in [-0.25, -0.2) is 0 Å². The van der Waals surface area contributed by atoms with Crippen molar-refractivity contribution in [3.8, 4) is 28.7 Å². The van der Waals surface area contributed by atoms with Crippen LogP contribution in [0.3, 0.4) is 0 Å². The Morgan fingerprint density at radius 2 is 1.32 bits per heavy atom. The molecule has 3 aromatic carbocycles. The van der Waals surface area contributed by atoms with Gasteiger partial charge < -0.3 is 28.8 Å². The van der Waals surface area contributed by atoms with Crippen LogP contribution in [0.25, 0.3) is 0 Å². The molecule has 0 unspecified atom stereocenters. The molecular weight excluding hydrogens is 520 g/mol. The number of hydrogen-bond acceptors (Lipinski definition) is 8. The van der Waals surface area contributed by atoms with Gasteiger partial charge in [0, 0.05) is 37.8 Å². The predicted octanol–water partition coefficient (Wildman–Crippen LogP) is 5.15. The zero-order valence-corrected chi connectivity index (χ0v) is 25.0. The molecule has 0 spiro atoms. The first-order valence-corrected chi connectivity index (χ1v) is 13.9. The maximum absolute atomic E-state index is 11.6. The minimum Gasteiger partial charge on any atom is -0.497 e. The number of rotatable bonds is 12. The summed E-state index contributed by atoms with van der Waals surface area (Å²) in [5, 5.41) is 11.6. The number of nitrogens with zero attached hydrogens (tertiary/aromatic N) is 2. The SMILES string of the molecule is COc1ccc([C@H]2CC(=NCCc3ccc(OC)c(OC)c3)[C@@](C)(O)CN2CCc2ccc(OC)c(OC)c2)cc1. The molecule has 1 saturated heterocycles. The fourth-order valence-electron chi connectivity index (χ4n) is 5.42. The molecule has 1 heterocycles. The van der Waals surface area contributed by atoms with Crippen molar-refractivity contribution in [3.63, 3.8) is 0 Å². The molecule has 1 N–H and O–H groups in total. The number of aliphatic hydroxyl groups is 1. The van der Waals surface area contributed by atoms with E-state index >= 15 is 0 Å². The number of aliphatic imine (C=N–C) groups is 1. The largest absolute Gasteiger partial charge is 0.497 e. The molecule has 0 amide bonds. The Bertz CT molecular complexity index is 1320. The van der Waals surface area contributed by atoms with E-state index in [1.165, 1.54) is 5.56 Å². The highest BCUT2D eigenvalue weighted by molar-refractivity contribution is 5.93. The van der Waals surface area contributed by atoms with Crippen molar-refractivity contribution in [1.82, 2.24) is 4.90 Å². The molecule has 0 saturated carbocycles. The minimum absolute atomic E-state index is 0.0705. The monoisotopic (exact) mass is 562 g/mol. The summed E-state index contributed by atoms with van der Waals surface area (Å²) >= 11 is 0. The van der Waals surface area contributed by atoms with E-state index in [2.05, 4.69) is 23.1 Å². The van der Waals surface area contributed by atoms with E-state index in [0.29, 0.717) is 42.5 Å². The first kappa shape index (κ1) is 30.2. The molecule has 1 fully saturated rings. The maximum atomic E-state index is 11.6. The van der Waals surface area contributed by atoms with Crippen LogP contribution in [0.5, 0.6) is 28.7 Å². The van der Waals surface area contributed by atoms with E-state index < -0.39 is 5.60 Å². The number of methoxy groups -OCH3 is 5. The van der Waals surface area contributed by atoms with E-state index in [4.69, 9.17) is 28.7 Å². The number of piperidine rings is 1. The summed E-state index contributed by atoms with van der Waals surface area (Å²) in [6.07, 6.45) is 2.17. The van der Waals surface area contributed by atoms with Crippen molar-refractivity contribution in [1.29, 1.82) is 0 Å². The van der Waals surface area contributed by atoms with Gasteiger partial charge in [0.25, 0.3) is 0 Å². The lowest BCUT2D eigenvalue weighted by Crippen LogP contribution is -2.54. The standard InChI is InChI=1S/C33H42N2O6/c1-33(36)22-35(18-16-24-8-14-29(39-4)31(20-24)41-6)27(25-9-11-26(37-2)12-10-25)21-32(33)34-17-15-23-7-13-28(38-3)30(19-23)40-5/h7-14,19-20,27,36H,15-18,21-22H2,1-6H3/t27-,33+/m1/s1. The van der Waals surface area contributed by atoms with Crippen molar-refractivity contribution in [2.24, 2.45) is 4.99 Å². The van der Waals surface area contributed by atoms with Gasteiger partial charge in [0.15, 0.2) is 23.0 Å². The topological polar surface area (TPSA) is 82.0 Å². The van der Waals surface area contributed by atoms with Crippen LogP contribution < -0.4 is 23.7 Å². The Morgan fingerprint density at radius 1 is 0.756 bits per heavy atom. The number of hydrogen-bond donors (Lipinski definition) is 1. The molecule has 220 valence electrons. The molecule has 1 aliphatic rings. The second-order valence-electron chi connectivity index (χ2n) is 10.4. The Hall–Kier alpha value is -3.75. The van der Waals surface area contributed by atoms with Crippen LogP contribution in [-0.4, -0.2) is 76.5 Å². The molecule has 0 radical (unpaired) electrons. The summed E-state index contributed by atoms with van der Waals surface area (Å²) in [6.45, 7) is 3.69. The molecule has 3 aromatic rings. The van der Waals surface area contributed by atoms with Crippen molar-refractivity contribution in [2.75, 3.05) is 55.2 Å². The van der Waals surface area contributed by atoms with Crippen molar-refractivity contribution in [2.45, 2.75) is 37.8 Å². The van der Waals surface area contributed by atoms with Gasteiger partial charge in [0.1, 0.15) is 11.4 Å². The summed E-state index contributed by atoms with van der Waals surface area (Å²) in [5.74, 6) is 3.64. The molecule has 8 nitrogen and oxygen atoms in total. The average molecular weight is 563 g/mol. The first-order valence-electron chi connectivity index (χ1n) is 13.9. The van der Waals surface area contributed by atoms with Crippen LogP contribution in [0.2, 0.25) is 0 Å². The second kappa shape index (κ2) is 13.7. The fourth-order valence-corrected chi connectivity index (χ4v) is 5.42. The molecule has 41 heavy (non-hydrogen) atoms. The lowest BCUT2D eigenvalue weighted by atomic mass is 9.84. The van der Waals surface area contributed by atoms with Gasteiger partial charge in [-0.2, -0.15) is 0 Å². The highest BCUT2D eigenvalue weighted by atomic mass is 16.5. The van der Waals surface area contributed by atoms with Gasteiger partial charge in [0.2, 0.25) is 0 Å². The zero-order valence-electron chi connectivity index (χ0n) is 25.0. The summed E-state index contributed by atoms with van der Waals surface area (Å²) in [6, 6.07) is 20.2. The Kier molecular flexibility index (Phi) is 10.1. The Morgan fingerprint density at radius 3 is 1.85 bits per heavy atom. The van der Waals surface area contributed by atoms with E-state index in [9.17, 15) is 5.11 Å². The summed E-state index contributed by atoms with van der Waals surface area (Å²) < 4.78 is 27.1. The molecular formula is C33H42N2O6. The molecule has 1 aliphatic heterocycles. The van der Waals surface area contributed by atoms with Crippen LogP contribution in [0.15, 0.2) is 65.7 Å². The van der Waals surface area contributed by atoms with Crippen LogP contribution in [-0.2, 0) is 12.8 Å². The fraction of sp³-hybridized carbons (Fsp3) is 0.424.